The van der Waals surface area contributed by atoms with Crippen molar-refractivity contribution in [2.45, 2.75) is 0 Å². The Morgan fingerprint density at radius 2 is 1.64 bits per heavy atom. The van der Waals surface area contributed by atoms with Crippen LogP contribution in [-0.4, -0.2) is 0 Å². The molecule has 0 radical (unpaired) electrons. The van der Waals surface area contributed by atoms with Gasteiger partial charge in [0.15, 0.2) is 0 Å². The fourth-order valence-corrected chi connectivity index (χ4v) is 2.69. The summed E-state index contributed by atoms with van der Waals surface area (Å²) in [5, 5.41) is 0.691. The molecule has 0 aliphatic carbocycles. The summed E-state index contributed by atoms with van der Waals surface area (Å²) in [4.78, 5) is 0. The van der Waals surface area contributed by atoms with Gasteiger partial charge in [0.05, 0.1) is 0 Å². The predicted molar refractivity (Wildman–Crippen MR) is 45.2 cm³/mol. The number of halogens is 3. The average Bonchev–Trinajstić information content (AvgIpc) is 1.93. The molecule has 1 aromatic carbocycles. The van der Waals surface area contributed by atoms with Crippen molar-refractivity contribution in [1.82, 2.24) is 0 Å². The first kappa shape index (κ1) is 9.61. The molecule has 0 N–H and O–H groups in total. The molecule has 0 aliphatic rings. The van der Waals surface area contributed by atoms with Crippen molar-refractivity contribution in [3.63, 3.8) is 0 Å². The quantitative estimate of drug-likeness (QED) is 0.689. The molecule has 0 saturated heterocycles. The zero-order valence-electron chi connectivity index (χ0n) is 5.24. The van der Waals surface area contributed by atoms with Crippen LogP contribution in [0, 0.1) is 0 Å². The minimum atomic E-state index is -2.20. The molecule has 0 atom stereocenters. The summed E-state index contributed by atoms with van der Waals surface area (Å²) in [7, 11) is 11.2. The monoisotopic (exact) mass is 387 g/mol. The Balaban J connectivity index is 2.91. The maximum absolute atomic E-state index is 5.65. The van der Waals surface area contributed by atoms with Crippen molar-refractivity contribution in [3.05, 3.63) is 29.3 Å². The molecular formula is C6H4Cl3NOs. The molecule has 0 heterocycles. The fraction of sp³-hybridized carbons (Fsp3) is 0. The van der Waals surface area contributed by atoms with Gasteiger partial charge in [0, 0.05) is 0 Å². The summed E-state index contributed by atoms with van der Waals surface area (Å²) >= 11 is 3.46. The molecule has 1 rings (SSSR count). The Bertz CT molecular complexity index is 266. The molecule has 62 valence electrons. The topological polar surface area (TPSA) is 12.4 Å². The van der Waals surface area contributed by atoms with E-state index in [-0.39, 0.29) is 0 Å². The number of benzene rings is 1. The summed E-state index contributed by atoms with van der Waals surface area (Å²) < 4.78 is 4.05. The number of hydrogen-bond acceptors (Lipinski definition) is 1. The van der Waals surface area contributed by atoms with Crippen molar-refractivity contribution in [3.8, 4) is 0 Å². The van der Waals surface area contributed by atoms with Gasteiger partial charge in [-0.05, 0) is 0 Å². The molecule has 0 unspecified atom stereocenters. The number of rotatable bonds is 1. The van der Waals surface area contributed by atoms with E-state index in [1.807, 2.05) is 0 Å². The van der Waals surface area contributed by atoms with Gasteiger partial charge in [-0.1, -0.05) is 0 Å². The van der Waals surface area contributed by atoms with E-state index in [0.29, 0.717) is 5.02 Å². The van der Waals surface area contributed by atoms with Crippen LogP contribution in [-0.2, 0) is 14.0 Å². The van der Waals surface area contributed by atoms with E-state index in [4.69, 9.17) is 30.9 Å². The molecule has 0 saturated carbocycles. The first-order valence-electron chi connectivity index (χ1n) is 2.66. The van der Waals surface area contributed by atoms with Crippen LogP contribution in [0.1, 0.15) is 0 Å². The summed E-state index contributed by atoms with van der Waals surface area (Å²) in [6, 6.07) is 7.11. The van der Waals surface area contributed by atoms with Crippen LogP contribution in [0.4, 0.5) is 5.69 Å². The van der Waals surface area contributed by atoms with Crippen molar-refractivity contribution in [1.29, 1.82) is 0 Å². The second-order valence-electron chi connectivity index (χ2n) is 1.73. The van der Waals surface area contributed by atoms with E-state index in [1.165, 1.54) is 0 Å². The normalized spacial score (nSPS) is 11.0. The van der Waals surface area contributed by atoms with Crippen molar-refractivity contribution >= 4 is 36.6 Å². The second kappa shape index (κ2) is 4.53. The third-order valence-corrected chi connectivity index (χ3v) is 3.29. The summed E-state index contributed by atoms with van der Waals surface area (Å²) in [5.74, 6) is 0. The van der Waals surface area contributed by atoms with Crippen LogP contribution in [0.5, 0.6) is 0 Å². The molecule has 5 heteroatoms. The van der Waals surface area contributed by atoms with Crippen LogP contribution >= 0.6 is 30.9 Å². The van der Waals surface area contributed by atoms with Crippen LogP contribution in [0.15, 0.2) is 27.9 Å². The third-order valence-electron chi connectivity index (χ3n) is 0.978. The zero-order valence-corrected chi connectivity index (χ0v) is 10.1. The van der Waals surface area contributed by atoms with Crippen molar-refractivity contribution < 1.29 is 14.0 Å². The summed E-state index contributed by atoms with van der Waals surface area (Å²) in [6.07, 6.45) is 0. The van der Waals surface area contributed by atoms with Gasteiger partial charge in [-0.2, -0.15) is 0 Å². The van der Waals surface area contributed by atoms with Gasteiger partial charge in [0.2, 0.25) is 0 Å². The van der Waals surface area contributed by atoms with E-state index in [2.05, 4.69) is 3.65 Å². The average molecular weight is 387 g/mol. The van der Waals surface area contributed by atoms with Crippen LogP contribution in [0.3, 0.4) is 0 Å². The Labute approximate surface area is 83.2 Å². The molecule has 11 heavy (non-hydrogen) atoms. The number of hydrogen-bond donors (Lipinski definition) is 0. The predicted octanol–water partition coefficient (Wildman–Crippen LogP) is 4.08. The van der Waals surface area contributed by atoms with Gasteiger partial charge in [0.1, 0.15) is 0 Å². The standard InChI is InChI=1S/C6H4ClN.2ClH.Os/c7-5-1-3-6(8)4-2-5;;;/h1-4H;2*1H;/q;;;+2/p-2. The fourth-order valence-electron chi connectivity index (χ4n) is 0.563. The van der Waals surface area contributed by atoms with E-state index >= 15 is 0 Å². The molecule has 0 fully saturated rings. The third kappa shape index (κ3) is 3.63. The van der Waals surface area contributed by atoms with E-state index in [0.717, 1.165) is 5.69 Å². The Hall–Kier alpha value is 0.526. The van der Waals surface area contributed by atoms with Gasteiger partial charge in [-0.3, -0.25) is 0 Å². The molecule has 1 aromatic rings. The Morgan fingerprint density at radius 1 is 1.09 bits per heavy atom. The molecular weight excluding hydrogens is 383 g/mol. The van der Waals surface area contributed by atoms with Crippen molar-refractivity contribution in [2.75, 3.05) is 0 Å². The SMILES string of the molecule is Clc1ccc([N]=[Os]([Cl])[Cl])cc1. The van der Waals surface area contributed by atoms with Crippen LogP contribution < -0.4 is 0 Å². The Morgan fingerprint density at radius 3 is 2.09 bits per heavy atom. The molecule has 1 nitrogen and oxygen atoms in total. The van der Waals surface area contributed by atoms with Gasteiger partial charge in [-0.15, -0.1) is 0 Å². The summed E-state index contributed by atoms with van der Waals surface area (Å²) in [5.41, 5.74) is 0.804. The maximum atomic E-state index is 5.65. The summed E-state index contributed by atoms with van der Waals surface area (Å²) in [6.45, 7) is 0. The van der Waals surface area contributed by atoms with E-state index < -0.39 is 14.0 Å². The van der Waals surface area contributed by atoms with Crippen molar-refractivity contribution in [2.24, 2.45) is 3.65 Å². The first-order valence-corrected chi connectivity index (χ1v) is 10.5. The molecule has 0 aromatic heterocycles. The van der Waals surface area contributed by atoms with E-state index in [9.17, 15) is 0 Å². The van der Waals surface area contributed by atoms with Gasteiger partial charge < -0.3 is 0 Å². The van der Waals surface area contributed by atoms with Gasteiger partial charge >= 0.3 is 83.5 Å². The van der Waals surface area contributed by atoms with E-state index in [1.54, 1.807) is 24.3 Å². The molecule has 0 aliphatic heterocycles. The molecule has 0 spiro atoms. The first-order chi connectivity index (χ1) is 5.18. The Kier molecular flexibility index (Phi) is 3.96. The van der Waals surface area contributed by atoms with Crippen LogP contribution in [0.2, 0.25) is 5.02 Å². The zero-order chi connectivity index (χ0) is 8.27. The molecule has 0 amide bonds. The second-order valence-corrected chi connectivity index (χ2v) is 9.22. The van der Waals surface area contributed by atoms with Gasteiger partial charge in [0.25, 0.3) is 0 Å². The van der Waals surface area contributed by atoms with Gasteiger partial charge in [-0.25, -0.2) is 0 Å². The van der Waals surface area contributed by atoms with Crippen LogP contribution in [0.25, 0.3) is 0 Å². The minimum absolute atomic E-state index is 0.691. The molecule has 0 bridgehead atoms. The number of nitrogens with zero attached hydrogens (tertiary/aromatic N) is 1.